The van der Waals surface area contributed by atoms with Crippen molar-refractivity contribution in [2.45, 2.75) is 32.2 Å². The lowest BCUT2D eigenvalue weighted by Gasteiger charge is -2.47. The molecule has 1 amide bonds. The van der Waals surface area contributed by atoms with Crippen molar-refractivity contribution in [3.05, 3.63) is 46.7 Å². The molecule has 23 heavy (non-hydrogen) atoms. The minimum Gasteiger partial charge on any atom is -0.481 e. The number of rotatable bonds is 2. The largest absolute Gasteiger partial charge is 0.481 e. The van der Waals surface area contributed by atoms with Crippen LogP contribution in [0.1, 0.15) is 31.5 Å². The van der Waals surface area contributed by atoms with Crippen LogP contribution in [0.5, 0.6) is 5.88 Å². The highest BCUT2D eigenvalue weighted by Crippen LogP contribution is 2.49. The summed E-state index contributed by atoms with van der Waals surface area (Å²) in [4.78, 5) is 16.7. The number of aromatic nitrogens is 1. The van der Waals surface area contributed by atoms with E-state index in [0.29, 0.717) is 5.88 Å². The summed E-state index contributed by atoms with van der Waals surface area (Å²) in [6.45, 7) is 4.13. The van der Waals surface area contributed by atoms with Crippen LogP contribution < -0.4 is 10.1 Å². The van der Waals surface area contributed by atoms with E-state index in [9.17, 15) is 4.79 Å². The Morgan fingerprint density at radius 3 is 2.87 bits per heavy atom. The predicted octanol–water partition coefficient (Wildman–Crippen LogP) is 3.11. The lowest BCUT2D eigenvalue weighted by molar-refractivity contribution is 0.155. The van der Waals surface area contributed by atoms with Gasteiger partial charge in [0, 0.05) is 24.0 Å². The third kappa shape index (κ3) is 2.40. The van der Waals surface area contributed by atoms with Gasteiger partial charge in [-0.05, 0) is 31.9 Å². The number of hydrogen-bond donors (Lipinski definition) is 1. The van der Waals surface area contributed by atoms with Crippen LogP contribution in [0.25, 0.3) is 0 Å². The number of carbonyl (C=O) groups is 1. The molecule has 0 unspecified atom stereocenters. The summed E-state index contributed by atoms with van der Waals surface area (Å²) < 4.78 is 10.1. The van der Waals surface area contributed by atoms with Gasteiger partial charge in [0.25, 0.3) is 0 Å². The van der Waals surface area contributed by atoms with Gasteiger partial charge in [-0.15, -0.1) is 0 Å². The van der Waals surface area contributed by atoms with E-state index >= 15 is 0 Å². The lowest BCUT2D eigenvalue weighted by Crippen LogP contribution is -2.53. The fourth-order valence-corrected chi connectivity index (χ4v) is 3.97. The molecule has 0 aliphatic heterocycles. The molecular formula is C18H22N2O3. The number of nitrogens with zero attached hydrogens (tertiary/aromatic N) is 1. The Morgan fingerprint density at radius 2 is 2.22 bits per heavy atom. The molecule has 0 spiro atoms. The summed E-state index contributed by atoms with van der Waals surface area (Å²) in [6.07, 6.45) is 5.49. The summed E-state index contributed by atoms with van der Waals surface area (Å²) in [7, 11) is 3.00. The molecule has 0 fully saturated rings. The zero-order valence-corrected chi connectivity index (χ0v) is 14.0. The quantitative estimate of drug-likeness (QED) is 0.852. The SMILES string of the molecule is CC=C1[C@H]2C=C(C)C[C@]1(NC(=O)OC)c1ccc(OC)nc1C2. The highest BCUT2D eigenvalue weighted by molar-refractivity contribution is 5.71. The number of nitrogens with one attached hydrogen (secondary N) is 1. The van der Waals surface area contributed by atoms with E-state index in [4.69, 9.17) is 9.47 Å². The van der Waals surface area contributed by atoms with Crippen molar-refractivity contribution in [3.63, 3.8) is 0 Å². The molecule has 0 radical (unpaired) electrons. The maximum absolute atomic E-state index is 12.1. The third-order valence-corrected chi connectivity index (χ3v) is 4.76. The smallest absolute Gasteiger partial charge is 0.407 e. The molecule has 1 aromatic rings. The fraction of sp³-hybridized carbons (Fsp3) is 0.444. The van der Waals surface area contributed by atoms with Crippen LogP contribution in [-0.4, -0.2) is 25.3 Å². The van der Waals surface area contributed by atoms with Crippen molar-refractivity contribution in [2.75, 3.05) is 14.2 Å². The Hall–Kier alpha value is -2.30. The van der Waals surface area contributed by atoms with Gasteiger partial charge in [0.2, 0.25) is 5.88 Å². The standard InChI is InChI=1S/C18H22N2O3/c1-5-13-12-8-11(2)10-18(13,20-17(21)23-4)14-6-7-16(22-3)19-15(14)9-12/h5-8,12H,9-10H2,1-4H3,(H,20,21)/t12-,18+/m0/s1. The number of fused-ring (bicyclic) bond motifs is 4. The van der Waals surface area contributed by atoms with Gasteiger partial charge in [-0.25, -0.2) is 9.78 Å². The molecule has 1 heterocycles. The molecular weight excluding hydrogens is 292 g/mol. The summed E-state index contributed by atoms with van der Waals surface area (Å²) in [5.41, 5.74) is 3.88. The normalized spacial score (nSPS) is 27.0. The Bertz CT molecular complexity index is 708. The topological polar surface area (TPSA) is 60.5 Å². The molecule has 2 bridgehead atoms. The Balaban J connectivity index is 2.21. The van der Waals surface area contributed by atoms with E-state index in [-0.39, 0.29) is 5.92 Å². The fourth-order valence-electron chi connectivity index (χ4n) is 3.97. The molecule has 0 saturated carbocycles. The maximum atomic E-state index is 12.1. The van der Waals surface area contributed by atoms with Gasteiger partial charge in [0.1, 0.15) is 0 Å². The van der Waals surface area contributed by atoms with Crippen LogP contribution in [0.3, 0.4) is 0 Å². The minimum absolute atomic E-state index is 0.234. The Morgan fingerprint density at radius 1 is 1.43 bits per heavy atom. The molecule has 1 N–H and O–H groups in total. The van der Waals surface area contributed by atoms with Crippen molar-refractivity contribution >= 4 is 6.09 Å². The molecule has 5 nitrogen and oxygen atoms in total. The summed E-state index contributed by atoms with van der Waals surface area (Å²) in [6, 6.07) is 3.86. The summed E-state index contributed by atoms with van der Waals surface area (Å²) >= 11 is 0. The molecule has 0 saturated heterocycles. The average Bonchev–Trinajstić information content (AvgIpc) is 2.53. The highest BCUT2D eigenvalue weighted by Gasteiger charge is 2.48. The van der Waals surface area contributed by atoms with E-state index in [1.54, 1.807) is 7.11 Å². The molecule has 1 aromatic heterocycles. The second-order valence-corrected chi connectivity index (χ2v) is 6.11. The number of hydrogen-bond acceptors (Lipinski definition) is 4. The number of carbonyl (C=O) groups excluding carboxylic acids is 1. The van der Waals surface area contributed by atoms with Crippen LogP contribution >= 0.6 is 0 Å². The molecule has 2 atom stereocenters. The zero-order chi connectivity index (χ0) is 16.6. The number of pyridine rings is 1. The maximum Gasteiger partial charge on any atom is 0.407 e. The molecule has 0 aromatic carbocycles. The van der Waals surface area contributed by atoms with E-state index in [1.807, 2.05) is 19.1 Å². The van der Waals surface area contributed by atoms with Gasteiger partial charge < -0.3 is 14.8 Å². The Kier molecular flexibility index (Phi) is 3.88. The van der Waals surface area contributed by atoms with Crippen molar-refractivity contribution in [1.29, 1.82) is 0 Å². The van der Waals surface area contributed by atoms with E-state index in [2.05, 4.69) is 29.4 Å². The van der Waals surface area contributed by atoms with Gasteiger partial charge in [-0.2, -0.15) is 0 Å². The summed E-state index contributed by atoms with van der Waals surface area (Å²) in [5.74, 6) is 0.831. The van der Waals surface area contributed by atoms with Gasteiger partial charge >= 0.3 is 6.09 Å². The second-order valence-electron chi connectivity index (χ2n) is 6.11. The number of allylic oxidation sites excluding steroid dienone is 2. The minimum atomic E-state index is -0.585. The Labute approximate surface area is 136 Å². The third-order valence-electron chi connectivity index (χ3n) is 4.76. The van der Waals surface area contributed by atoms with Crippen LogP contribution in [0, 0.1) is 5.92 Å². The van der Waals surface area contributed by atoms with Crippen molar-refractivity contribution < 1.29 is 14.3 Å². The number of ether oxygens (including phenoxy) is 2. The van der Waals surface area contributed by atoms with Gasteiger partial charge in [0.05, 0.1) is 25.5 Å². The van der Waals surface area contributed by atoms with Crippen LogP contribution in [0.2, 0.25) is 0 Å². The molecule has 122 valence electrons. The molecule has 2 aliphatic rings. The van der Waals surface area contributed by atoms with Gasteiger partial charge in [-0.1, -0.05) is 17.7 Å². The van der Waals surface area contributed by atoms with Crippen LogP contribution in [0.4, 0.5) is 4.79 Å². The van der Waals surface area contributed by atoms with Crippen molar-refractivity contribution in [3.8, 4) is 5.88 Å². The molecule has 2 aliphatic carbocycles. The zero-order valence-electron chi connectivity index (χ0n) is 14.0. The first-order chi connectivity index (χ1) is 11.0. The van der Waals surface area contributed by atoms with Gasteiger partial charge in [0.15, 0.2) is 0 Å². The number of alkyl carbamates (subject to hydrolysis) is 1. The monoisotopic (exact) mass is 314 g/mol. The number of methoxy groups -OCH3 is 2. The van der Waals surface area contributed by atoms with Crippen molar-refractivity contribution in [2.24, 2.45) is 5.92 Å². The average molecular weight is 314 g/mol. The molecule has 3 rings (SSSR count). The predicted molar refractivity (Wildman–Crippen MR) is 87.3 cm³/mol. The first kappa shape index (κ1) is 15.6. The van der Waals surface area contributed by atoms with E-state index in [0.717, 1.165) is 24.1 Å². The second kappa shape index (κ2) is 5.72. The van der Waals surface area contributed by atoms with Crippen LogP contribution in [0.15, 0.2) is 35.4 Å². The van der Waals surface area contributed by atoms with Gasteiger partial charge in [-0.3, -0.25) is 0 Å². The molecule has 5 heteroatoms. The number of amides is 1. The highest BCUT2D eigenvalue weighted by atomic mass is 16.5. The van der Waals surface area contributed by atoms with Crippen LogP contribution in [-0.2, 0) is 16.7 Å². The van der Waals surface area contributed by atoms with E-state index in [1.165, 1.54) is 18.3 Å². The first-order valence-corrected chi connectivity index (χ1v) is 7.78. The first-order valence-electron chi connectivity index (χ1n) is 7.78. The lowest BCUT2D eigenvalue weighted by atomic mass is 9.63. The summed E-state index contributed by atoms with van der Waals surface area (Å²) in [5, 5.41) is 3.09. The van der Waals surface area contributed by atoms with Crippen molar-refractivity contribution in [1.82, 2.24) is 10.3 Å². The van der Waals surface area contributed by atoms with E-state index < -0.39 is 11.6 Å².